The first kappa shape index (κ1) is 22.2. The molecule has 30 heavy (non-hydrogen) atoms. The van der Waals surface area contributed by atoms with Gasteiger partial charge in [-0.15, -0.1) is 0 Å². The molecular formula is C20H20BrN3O5S. The summed E-state index contributed by atoms with van der Waals surface area (Å²) in [6.07, 6.45) is 2.76. The van der Waals surface area contributed by atoms with Crippen molar-refractivity contribution >= 4 is 43.8 Å². The standard InChI is InChI=1S/C20H20BrN3O5S/c21-18-4-2-1-3-17(18)20(26)23-22-19(25)10-7-15-5-8-16(9-6-15)30(27,28)24-11-13-29-14-12-24/h1-10H,11-14H2,(H,22,25)(H,23,26)/b10-7+. The molecule has 0 aromatic heterocycles. The number of halogens is 1. The smallest absolute Gasteiger partial charge is 0.270 e. The summed E-state index contributed by atoms with van der Waals surface area (Å²) < 4.78 is 32.4. The molecule has 1 aliphatic heterocycles. The van der Waals surface area contributed by atoms with Gasteiger partial charge >= 0.3 is 0 Å². The van der Waals surface area contributed by atoms with Gasteiger partial charge in [-0.3, -0.25) is 20.4 Å². The number of carbonyl (C=O) groups is 2. The average molecular weight is 494 g/mol. The number of nitrogens with zero attached hydrogens (tertiary/aromatic N) is 1. The lowest BCUT2D eigenvalue weighted by molar-refractivity contribution is -0.117. The Bertz CT molecular complexity index is 1050. The van der Waals surface area contributed by atoms with Gasteiger partial charge in [0.1, 0.15) is 0 Å². The Morgan fingerprint density at radius 1 is 1.00 bits per heavy atom. The van der Waals surface area contributed by atoms with E-state index < -0.39 is 21.8 Å². The number of ether oxygens (including phenoxy) is 1. The monoisotopic (exact) mass is 493 g/mol. The molecule has 1 fully saturated rings. The number of hydrogen-bond acceptors (Lipinski definition) is 5. The third-order valence-corrected chi connectivity index (χ3v) is 6.94. The van der Waals surface area contributed by atoms with E-state index in [1.807, 2.05) is 0 Å². The van der Waals surface area contributed by atoms with Crippen LogP contribution in [0.1, 0.15) is 15.9 Å². The number of amides is 2. The van der Waals surface area contributed by atoms with Crippen LogP contribution in [0.3, 0.4) is 0 Å². The number of hydrogen-bond donors (Lipinski definition) is 2. The minimum absolute atomic E-state index is 0.187. The lowest BCUT2D eigenvalue weighted by atomic mass is 10.2. The van der Waals surface area contributed by atoms with Crippen LogP contribution in [-0.2, 0) is 19.6 Å². The fraction of sp³-hybridized carbons (Fsp3) is 0.200. The van der Waals surface area contributed by atoms with Crippen molar-refractivity contribution in [1.29, 1.82) is 0 Å². The van der Waals surface area contributed by atoms with Crippen LogP contribution in [0.4, 0.5) is 0 Å². The predicted octanol–water partition coefficient (Wildman–Crippen LogP) is 1.94. The van der Waals surface area contributed by atoms with E-state index in [-0.39, 0.29) is 4.90 Å². The third-order valence-electron chi connectivity index (χ3n) is 4.33. The fourth-order valence-corrected chi connectivity index (χ4v) is 4.60. The molecule has 0 atom stereocenters. The summed E-state index contributed by atoms with van der Waals surface area (Å²) in [6, 6.07) is 13.0. The van der Waals surface area contributed by atoms with Gasteiger partial charge in [-0.05, 0) is 51.8 Å². The van der Waals surface area contributed by atoms with Crippen molar-refractivity contribution in [2.75, 3.05) is 26.3 Å². The summed E-state index contributed by atoms with van der Waals surface area (Å²) in [4.78, 5) is 24.2. The van der Waals surface area contributed by atoms with Crippen LogP contribution in [-0.4, -0.2) is 50.8 Å². The Morgan fingerprint density at radius 2 is 1.67 bits per heavy atom. The quantitative estimate of drug-likeness (QED) is 0.489. The number of morpholine rings is 1. The van der Waals surface area contributed by atoms with Crippen molar-refractivity contribution < 1.29 is 22.7 Å². The van der Waals surface area contributed by atoms with Crippen LogP contribution < -0.4 is 10.9 Å². The molecule has 1 heterocycles. The topological polar surface area (TPSA) is 105 Å². The van der Waals surface area contributed by atoms with E-state index in [0.717, 1.165) is 0 Å². The molecule has 10 heteroatoms. The summed E-state index contributed by atoms with van der Waals surface area (Å²) in [5.41, 5.74) is 5.65. The van der Waals surface area contributed by atoms with Gasteiger partial charge in [0, 0.05) is 23.6 Å². The molecule has 0 bridgehead atoms. The molecule has 158 valence electrons. The van der Waals surface area contributed by atoms with E-state index in [9.17, 15) is 18.0 Å². The van der Waals surface area contributed by atoms with Crippen molar-refractivity contribution in [3.8, 4) is 0 Å². The molecule has 0 saturated carbocycles. The maximum atomic E-state index is 12.6. The molecule has 3 rings (SSSR count). The van der Waals surface area contributed by atoms with E-state index in [1.54, 1.807) is 36.4 Å². The number of benzene rings is 2. The number of carbonyl (C=O) groups excluding carboxylic acids is 2. The second-order valence-corrected chi connectivity index (χ2v) is 9.13. The molecule has 0 unspecified atom stereocenters. The highest BCUT2D eigenvalue weighted by atomic mass is 79.9. The van der Waals surface area contributed by atoms with E-state index >= 15 is 0 Å². The highest BCUT2D eigenvalue weighted by Gasteiger charge is 2.25. The van der Waals surface area contributed by atoms with Crippen molar-refractivity contribution in [2.45, 2.75) is 4.90 Å². The lowest BCUT2D eigenvalue weighted by Gasteiger charge is -2.26. The van der Waals surface area contributed by atoms with Crippen LogP contribution in [0.5, 0.6) is 0 Å². The van der Waals surface area contributed by atoms with Gasteiger partial charge in [0.15, 0.2) is 0 Å². The highest BCUT2D eigenvalue weighted by Crippen LogP contribution is 2.18. The molecule has 1 saturated heterocycles. The number of nitrogens with one attached hydrogen (secondary N) is 2. The minimum Gasteiger partial charge on any atom is -0.379 e. The largest absolute Gasteiger partial charge is 0.379 e. The predicted molar refractivity (Wildman–Crippen MR) is 115 cm³/mol. The molecule has 2 aromatic rings. The lowest BCUT2D eigenvalue weighted by Crippen LogP contribution is -2.40. The van der Waals surface area contributed by atoms with Gasteiger partial charge in [0.05, 0.1) is 23.7 Å². The van der Waals surface area contributed by atoms with Crippen LogP contribution >= 0.6 is 15.9 Å². The Hall–Kier alpha value is -2.53. The zero-order valence-electron chi connectivity index (χ0n) is 15.9. The number of rotatable bonds is 5. The van der Waals surface area contributed by atoms with Crippen LogP contribution in [0.15, 0.2) is 64.0 Å². The van der Waals surface area contributed by atoms with Gasteiger partial charge < -0.3 is 4.74 Å². The molecular weight excluding hydrogens is 474 g/mol. The fourth-order valence-electron chi connectivity index (χ4n) is 2.73. The third kappa shape index (κ3) is 5.54. The van der Waals surface area contributed by atoms with Gasteiger partial charge in [0.25, 0.3) is 11.8 Å². The first-order valence-corrected chi connectivity index (χ1v) is 11.3. The van der Waals surface area contributed by atoms with Crippen molar-refractivity contribution in [2.24, 2.45) is 0 Å². The second kappa shape index (κ2) is 9.98. The van der Waals surface area contributed by atoms with Gasteiger partial charge in [-0.25, -0.2) is 8.42 Å². The second-order valence-electron chi connectivity index (χ2n) is 6.34. The summed E-state index contributed by atoms with van der Waals surface area (Å²) in [5.74, 6) is -0.984. The van der Waals surface area contributed by atoms with E-state index in [0.29, 0.717) is 41.9 Å². The summed E-state index contributed by atoms with van der Waals surface area (Å²) in [5, 5.41) is 0. The zero-order chi connectivity index (χ0) is 21.6. The Morgan fingerprint density at radius 3 is 2.33 bits per heavy atom. The van der Waals surface area contributed by atoms with E-state index in [4.69, 9.17) is 4.74 Å². The van der Waals surface area contributed by atoms with E-state index in [1.165, 1.54) is 28.6 Å². The number of hydrazine groups is 1. The van der Waals surface area contributed by atoms with Crippen molar-refractivity contribution in [3.05, 3.63) is 70.2 Å². The normalized spacial score (nSPS) is 15.1. The van der Waals surface area contributed by atoms with Crippen LogP contribution in [0.2, 0.25) is 0 Å². The Kier molecular flexibility index (Phi) is 7.38. The highest BCUT2D eigenvalue weighted by molar-refractivity contribution is 9.10. The molecule has 2 N–H and O–H groups in total. The van der Waals surface area contributed by atoms with Gasteiger partial charge in [-0.1, -0.05) is 24.3 Å². The first-order chi connectivity index (χ1) is 14.4. The van der Waals surface area contributed by atoms with Crippen LogP contribution in [0, 0.1) is 0 Å². The summed E-state index contributed by atoms with van der Waals surface area (Å²) in [7, 11) is -3.56. The molecule has 8 nitrogen and oxygen atoms in total. The maximum absolute atomic E-state index is 12.6. The van der Waals surface area contributed by atoms with Crippen LogP contribution in [0.25, 0.3) is 6.08 Å². The van der Waals surface area contributed by atoms with E-state index in [2.05, 4.69) is 26.8 Å². The zero-order valence-corrected chi connectivity index (χ0v) is 18.3. The Labute approximate surface area is 183 Å². The average Bonchev–Trinajstić information content (AvgIpc) is 2.77. The minimum atomic E-state index is -3.56. The Balaban J connectivity index is 1.56. The van der Waals surface area contributed by atoms with Gasteiger partial charge in [-0.2, -0.15) is 4.31 Å². The van der Waals surface area contributed by atoms with Crippen molar-refractivity contribution in [1.82, 2.24) is 15.2 Å². The SMILES string of the molecule is O=C(/C=C/c1ccc(S(=O)(=O)N2CCOCC2)cc1)NNC(=O)c1ccccc1Br. The summed E-state index contributed by atoms with van der Waals surface area (Å²) in [6.45, 7) is 1.42. The molecule has 2 amide bonds. The van der Waals surface area contributed by atoms with Gasteiger partial charge in [0.2, 0.25) is 10.0 Å². The first-order valence-electron chi connectivity index (χ1n) is 9.09. The molecule has 1 aliphatic rings. The molecule has 0 radical (unpaired) electrons. The van der Waals surface area contributed by atoms with Crippen molar-refractivity contribution in [3.63, 3.8) is 0 Å². The maximum Gasteiger partial charge on any atom is 0.270 e. The summed E-state index contributed by atoms with van der Waals surface area (Å²) >= 11 is 3.27. The molecule has 0 aliphatic carbocycles. The molecule has 0 spiro atoms. The molecule has 2 aromatic carbocycles. The number of sulfonamides is 1.